The van der Waals surface area contributed by atoms with Gasteiger partial charge in [0.1, 0.15) is 5.82 Å². The Labute approximate surface area is 137 Å². The van der Waals surface area contributed by atoms with Crippen LogP contribution < -0.4 is 10.8 Å². The fourth-order valence-electron chi connectivity index (χ4n) is 2.43. The first kappa shape index (κ1) is 18.0. The number of nitrogens with one attached hydrogen (secondary N) is 1. The largest absolute Gasteiger partial charge is 0.495 e. The van der Waals surface area contributed by atoms with E-state index in [0.717, 1.165) is 12.0 Å². The van der Waals surface area contributed by atoms with Crippen LogP contribution in [0.4, 0.5) is 4.39 Å². The Kier molecular flexibility index (Phi) is 4.88. The van der Waals surface area contributed by atoms with Gasteiger partial charge in [-0.25, -0.2) is 4.39 Å². The summed E-state index contributed by atoms with van der Waals surface area (Å²) in [4.78, 5) is 12.0. The van der Waals surface area contributed by atoms with E-state index in [9.17, 15) is 9.18 Å². The zero-order valence-electron chi connectivity index (χ0n) is 14.7. The third-order valence-corrected chi connectivity index (χ3v) is 4.64. The van der Waals surface area contributed by atoms with Gasteiger partial charge in [-0.1, -0.05) is 12.5 Å². The van der Waals surface area contributed by atoms with Crippen molar-refractivity contribution < 1.29 is 18.5 Å². The van der Waals surface area contributed by atoms with Crippen LogP contribution in [0.15, 0.2) is 12.1 Å². The fourth-order valence-corrected chi connectivity index (χ4v) is 2.43. The Morgan fingerprint density at radius 2 is 1.78 bits per heavy atom. The molecule has 23 heavy (non-hydrogen) atoms. The smallest absolute Gasteiger partial charge is 0.399 e. The van der Waals surface area contributed by atoms with Crippen molar-refractivity contribution in [3.63, 3.8) is 0 Å². The van der Waals surface area contributed by atoms with E-state index in [2.05, 4.69) is 5.32 Å². The molecule has 0 saturated carbocycles. The van der Waals surface area contributed by atoms with Crippen LogP contribution in [0, 0.1) is 12.7 Å². The summed E-state index contributed by atoms with van der Waals surface area (Å²) in [5.74, 6) is -0.957. The van der Waals surface area contributed by atoms with Crippen LogP contribution in [0.3, 0.4) is 0 Å². The summed E-state index contributed by atoms with van der Waals surface area (Å²) in [6, 6.07) is 2.90. The number of hydrogen-bond acceptors (Lipinski definition) is 3. The molecule has 1 aromatic rings. The maximum Gasteiger partial charge on any atom is 0.495 e. The van der Waals surface area contributed by atoms with Crippen LogP contribution in [-0.2, 0) is 9.31 Å². The first-order chi connectivity index (χ1) is 10.6. The predicted molar refractivity (Wildman–Crippen MR) is 89.5 cm³/mol. The van der Waals surface area contributed by atoms with Crippen LogP contribution in [0.25, 0.3) is 0 Å². The van der Waals surface area contributed by atoms with Gasteiger partial charge in [0.2, 0.25) is 0 Å². The second kappa shape index (κ2) is 6.25. The molecule has 1 aliphatic rings. The molecule has 1 aromatic carbocycles. The summed E-state index contributed by atoms with van der Waals surface area (Å²) in [5, 5.41) is 2.69. The van der Waals surface area contributed by atoms with E-state index in [1.807, 2.05) is 41.5 Å². The minimum atomic E-state index is -0.637. The SMILES string of the molecule is CCCNC(=O)c1cc(C)c(B2OC(C)(C)C(C)(C)O2)cc1F. The van der Waals surface area contributed by atoms with Gasteiger partial charge in [0.15, 0.2) is 0 Å². The maximum absolute atomic E-state index is 14.4. The maximum atomic E-state index is 14.4. The predicted octanol–water partition coefficient (Wildman–Crippen LogP) is 2.57. The van der Waals surface area contributed by atoms with Gasteiger partial charge in [0, 0.05) is 6.54 Å². The van der Waals surface area contributed by atoms with E-state index in [1.54, 1.807) is 6.07 Å². The van der Waals surface area contributed by atoms with Gasteiger partial charge in [-0.3, -0.25) is 4.79 Å². The lowest BCUT2D eigenvalue weighted by Gasteiger charge is -2.32. The number of rotatable bonds is 4. The number of benzene rings is 1. The summed E-state index contributed by atoms with van der Waals surface area (Å²) < 4.78 is 26.3. The van der Waals surface area contributed by atoms with E-state index in [0.29, 0.717) is 12.0 Å². The molecule has 1 amide bonds. The van der Waals surface area contributed by atoms with Crippen molar-refractivity contribution in [2.24, 2.45) is 0 Å². The van der Waals surface area contributed by atoms with Crippen LogP contribution in [-0.4, -0.2) is 30.8 Å². The second-order valence-electron chi connectivity index (χ2n) is 7.03. The zero-order chi connectivity index (χ0) is 17.4. The number of halogens is 1. The van der Waals surface area contributed by atoms with Crippen molar-refractivity contribution >= 4 is 18.5 Å². The summed E-state index contributed by atoms with van der Waals surface area (Å²) in [6.45, 7) is 12.1. The van der Waals surface area contributed by atoms with Gasteiger partial charge in [0.05, 0.1) is 16.8 Å². The minimum absolute atomic E-state index is 0.0521. The summed E-state index contributed by atoms with van der Waals surface area (Å²) in [5.41, 5.74) is 0.464. The lowest BCUT2D eigenvalue weighted by molar-refractivity contribution is 0.00578. The first-order valence-electron chi connectivity index (χ1n) is 8.03. The average molecular weight is 321 g/mol. The van der Waals surface area contributed by atoms with Crippen LogP contribution in [0.2, 0.25) is 0 Å². The van der Waals surface area contributed by atoms with Crippen molar-refractivity contribution in [1.29, 1.82) is 0 Å². The molecule has 1 N–H and O–H groups in total. The monoisotopic (exact) mass is 321 g/mol. The van der Waals surface area contributed by atoms with E-state index in [-0.39, 0.29) is 5.56 Å². The Morgan fingerprint density at radius 3 is 2.30 bits per heavy atom. The normalized spacial score (nSPS) is 19.0. The van der Waals surface area contributed by atoms with Crippen LogP contribution >= 0.6 is 0 Å². The number of carbonyl (C=O) groups is 1. The summed E-state index contributed by atoms with van der Waals surface area (Å²) in [7, 11) is -0.637. The number of carbonyl (C=O) groups excluding carboxylic acids is 1. The van der Waals surface area contributed by atoms with Crippen LogP contribution in [0.5, 0.6) is 0 Å². The quantitative estimate of drug-likeness (QED) is 0.867. The molecule has 1 aliphatic heterocycles. The number of aryl methyl sites for hydroxylation is 1. The molecule has 6 heteroatoms. The Bertz CT molecular complexity index is 600. The van der Waals surface area contributed by atoms with Gasteiger partial charge in [-0.2, -0.15) is 0 Å². The van der Waals surface area contributed by atoms with Gasteiger partial charge >= 0.3 is 7.12 Å². The number of hydrogen-bond donors (Lipinski definition) is 1. The van der Waals surface area contributed by atoms with Gasteiger partial charge in [-0.05, 0) is 58.6 Å². The van der Waals surface area contributed by atoms with E-state index in [1.165, 1.54) is 6.07 Å². The lowest BCUT2D eigenvalue weighted by Crippen LogP contribution is -2.41. The molecule has 4 nitrogen and oxygen atoms in total. The molecular weight excluding hydrogens is 296 g/mol. The Balaban J connectivity index is 2.30. The molecule has 0 atom stereocenters. The molecule has 0 aromatic heterocycles. The zero-order valence-corrected chi connectivity index (χ0v) is 14.7. The first-order valence-corrected chi connectivity index (χ1v) is 8.03. The van der Waals surface area contributed by atoms with Gasteiger partial charge in [0.25, 0.3) is 5.91 Å². The van der Waals surface area contributed by atoms with Crippen molar-refractivity contribution in [3.05, 3.63) is 29.1 Å². The van der Waals surface area contributed by atoms with Crippen molar-refractivity contribution in [3.8, 4) is 0 Å². The molecule has 2 rings (SSSR count). The van der Waals surface area contributed by atoms with Crippen molar-refractivity contribution in [1.82, 2.24) is 5.32 Å². The third kappa shape index (κ3) is 3.43. The van der Waals surface area contributed by atoms with E-state index >= 15 is 0 Å². The minimum Gasteiger partial charge on any atom is -0.399 e. The van der Waals surface area contributed by atoms with Crippen molar-refractivity contribution in [2.75, 3.05) is 6.54 Å². The topological polar surface area (TPSA) is 47.6 Å². The van der Waals surface area contributed by atoms with E-state index < -0.39 is 30.0 Å². The molecule has 126 valence electrons. The summed E-state index contributed by atoms with van der Waals surface area (Å²) >= 11 is 0. The molecule has 0 unspecified atom stereocenters. The molecule has 1 fully saturated rings. The highest BCUT2D eigenvalue weighted by Gasteiger charge is 2.52. The Hall–Kier alpha value is -1.40. The molecule has 1 saturated heterocycles. The molecule has 0 spiro atoms. The van der Waals surface area contributed by atoms with E-state index in [4.69, 9.17) is 9.31 Å². The summed E-state index contributed by atoms with van der Waals surface area (Å²) in [6.07, 6.45) is 0.804. The van der Waals surface area contributed by atoms with Crippen LogP contribution in [0.1, 0.15) is 57.0 Å². The van der Waals surface area contributed by atoms with Crippen molar-refractivity contribution in [2.45, 2.75) is 59.2 Å². The lowest BCUT2D eigenvalue weighted by atomic mass is 9.75. The van der Waals surface area contributed by atoms with Gasteiger partial charge < -0.3 is 14.6 Å². The molecule has 0 radical (unpaired) electrons. The fraction of sp³-hybridized carbons (Fsp3) is 0.588. The van der Waals surface area contributed by atoms with Gasteiger partial charge in [-0.15, -0.1) is 0 Å². The third-order valence-electron chi connectivity index (χ3n) is 4.64. The standard InChI is InChI=1S/C17H25BFNO3/c1-7-8-20-15(21)12-9-11(2)13(10-14(12)19)18-22-16(3,4)17(5,6)23-18/h9-10H,7-8H2,1-6H3,(H,20,21). The number of amides is 1. The molecule has 0 aliphatic carbocycles. The second-order valence-corrected chi connectivity index (χ2v) is 7.03. The molecule has 1 heterocycles. The highest BCUT2D eigenvalue weighted by Crippen LogP contribution is 2.36. The molecule has 0 bridgehead atoms. The highest BCUT2D eigenvalue weighted by atomic mass is 19.1. The average Bonchev–Trinajstić information content (AvgIpc) is 2.66. The highest BCUT2D eigenvalue weighted by molar-refractivity contribution is 6.62. The molecular formula is C17H25BFNO3. The Morgan fingerprint density at radius 1 is 1.22 bits per heavy atom.